The maximum Gasteiger partial charge on any atom is 0.251 e. The minimum absolute atomic E-state index is 0.0243. The number of aryl methyl sites for hydroxylation is 1. The lowest BCUT2D eigenvalue weighted by molar-refractivity contribution is -0.124. The van der Waals surface area contributed by atoms with Crippen molar-refractivity contribution < 1.29 is 4.79 Å². The number of imidazole rings is 1. The second-order valence-corrected chi connectivity index (χ2v) is 8.06. The predicted molar refractivity (Wildman–Crippen MR) is 129 cm³/mol. The van der Waals surface area contributed by atoms with Crippen LogP contribution in [-0.4, -0.2) is 51.3 Å². The lowest BCUT2D eigenvalue weighted by atomic mass is 9.99. The summed E-state index contributed by atoms with van der Waals surface area (Å²) in [5.74, 6) is 0.0243. The molecular formula is C26H34N4O. The van der Waals surface area contributed by atoms with Crippen molar-refractivity contribution in [1.29, 1.82) is 0 Å². The lowest BCUT2D eigenvalue weighted by Gasteiger charge is -2.27. The fourth-order valence-electron chi connectivity index (χ4n) is 3.85. The summed E-state index contributed by atoms with van der Waals surface area (Å²) in [6.45, 7) is 12.1. The molecule has 0 saturated carbocycles. The van der Waals surface area contributed by atoms with Crippen molar-refractivity contribution in [1.82, 2.24) is 19.2 Å². The number of hydrogen-bond acceptors (Lipinski definition) is 3. The van der Waals surface area contributed by atoms with E-state index in [-0.39, 0.29) is 11.9 Å². The number of aromatic nitrogens is 2. The average Bonchev–Trinajstić information content (AvgIpc) is 3.15. The molecule has 1 unspecified atom stereocenters. The first-order chi connectivity index (χ1) is 14.9. The SMILES string of the molecule is C/C(=C\C(=O)N1C=C(c2ccc3nc(C)cn3c2)C=CC1C)C1=CCN(C)CC1.CC. The van der Waals surface area contributed by atoms with Crippen LogP contribution in [-0.2, 0) is 4.79 Å². The monoisotopic (exact) mass is 418 g/mol. The zero-order chi connectivity index (χ0) is 22.5. The molecule has 4 heterocycles. The van der Waals surface area contributed by atoms with Crippen LogP contribution in [0.25, 0.3) is 11.2 Å². The smallest absolute Gasteiger partial charge is 0.251 e. The maximum absolute atomic E-state index is 13.0. The van der Waals surface area contributed by atoms with Gasteiger partial charge >= 0.3 is 0 Å². The summed E-state index contributed by atoms with van der Waals surface area (Å²) in [4.78, 5) is 21.6. The van der Waals surface area contributed by atoms with Crippen LogP contribution in [0.2, 0.25) is 0 Å². The van der Waals surface area contributed by atoms with Gasteiger partial charge in [-0.3, -0.25) is 4.79 Å². The Labute approximate surface area is 186 Å². The first kappa shape index (κ1) is 22.8. The van der Waals surface area contributed by atoms with Gasteiger partial charge in [0.05, 0.1) is 11.7 Å². The molecule has 0 aliphatic carbocycles. The van der Waals surface area contributed by atoms with Gasteiger partial charge in [0.25, 0.3) is 5.91 Å². The van der Waals surface area contributed by atoms with E-state index in [1.165, 1.54) is 5.57 Å². The number of carbonyl (C=O) groups excluding carboxylic acids is 1. The summed E-state index contributed by atoms with van der Waals surface area (Å²) in [5.41, 5.74) is 6.35. The van der Waals surface area contributed by atoms with E-state index in [1.807, 2.05) is 62.4 Å². The van der Waals surface area contributed by atoms with Gasteiger partial charge < -0.3 is 14.2 Å². The van der Waals surface area contributed by atoms with E-state index < -0.39 is 0 Å². The molecule has 5 heteroatoms. The minimum Gasteiger partial charge on any atom is -0.308 e. The van der Waals surface area contributed by atoms with Crippen LogP contribution in [0, 0.1) is 6.92 Å². The molecule has 0 saturated heterocycles. The second-order valence-electron chi connectivity index (χ2n) is 8.06. The molecule has 2 aliphatic heterocycles. The molecule has 2 aliphatic rings. The molecule has 2 aromatic rings. The quantitative estimate of drug-likeness (QED) is 0.658. The van der Waals surface area contributed by atoms with Crippen molar-refractivity contribution in [3.05, 3.63) is 77.4 Å². The van der Waals surface area contributed by atoms with Gasteiger partial charge in [0.2, 0.25) is 0 Å². The molecule has 1 atom stereocenters. The van der Waals surface area contributed by atoms with Crippen LogP contribution in [0.1, 0.15) is 45.4 Å². The van der Waals surface area contributed by atoms with Gasteiger partial charge in [-0.25, -0.2) is 4.98 Å². The average molecular weight is 419 g/mol. The summed E-state index contributed by atoms with van der Waals surface area (Å²) < 4.78 is 2.03. The molecule has 0 bridgehead atoms. The first-order valence-electron chi connectivity index (χ1n) is 11.1. The molecule has 0 aromatic carbocycles. The summed E-state index contributed by atoms with van der Waals surface area (Å²) in [6.07, 6.45) is 15.2. The van der Waals surface area contributed by atoms with E-state index in [2.05, 4.69) is 47.4 Å². The second kappa shape index (κ2) is 9.92. The Morgan fingerprint density at radius 3 is 2.71 bits per heavy atom. The van der Waals surface area contributed by atoms with Gasteiger partial charge in [0, 0.05) is 37.8 Å². The number of allylic oxidation sites excluding steroid dienone is 3. The standard InChI is InChI=1S/C24H28N4O.C2H6/c1-17(20-9-11-26(4)12-10-20)13-24(29)28-16-22(6-5-19(28)3)21-7-8-23-25-18(2)14-27(23)15-21;1-2/h5-9,13-16,19H,10-12H2,1-4H3;1-2H3/b17-13+;. The number of amides is 1. The fourth-order valence-corrected chi connectivity index (χ4v) is 3.85. The number of carbonyl (C=O) groups is 1. The molecular weight excluding hydrogens is 384 g/mol. The zero-order valence-electron chi connectivity index (χ0n) is 19.6. The van der Waals surface area contributed by atoms with Crippen LogP contribution in [0.15, 0.2) is 66.2 Å². The Morgan fingerprint density at radius 1 is 1.23 bits per heavy atom. The Balaban J connectivity index is 0.00000132. The number of hydrogen-bond donors (Lipinski definition) is 0. The molecule has 164 valence electrons. The summed E-state index contributed by atoms with van der Waals surface area (Å²) in [5, 5.41) is 0. The number of pyridine rings is 1. The molecule has 5 nitrogen and oxygen atoms in total. The van der Waals surface area contributed by atoms with Gasteiger partial charge in [-0.15, -0.1) is 0 Å². The highest BCUT2D eigenvalue weighted by Gasteiger charge is 2.20. The number of rotatable bonds is 3. The number of likely N-dealkylation sites (N-methyl/N-ethyl adjacent to an activating group) is 1. The Hall–Kier alpha value is -2.92. The van der Waals surface area contributed by atoms with Crippen LogP contribution in [0.4, 0.5) is 0 Å². The van der Waals surface area contributed by atoms with Crippen molar-refractivity contribution in [3.63, 3.8) is 0 Å². The van der Waals surface area contributed by atoms with Crippen molar-refractivity contribution >= 4 is 17.1 Å². The van der Waals surface area contributed by atoms with Gasteiger partial charge in [-0.05, 0) is 68.7 Å². The van der Waals surface area contributed by atoms with E-state index in [4.69, 9.17) is 0 Å². The Kier molecular flexibility index (Phi) is 7.29. The summed E-state index contributed by atoms with van der Waals surface area (Å²) in [6, 6.07) is 4.10. The highest BCUT2D eigenvalue weighted by Crippen LogP contribution is 2.25. The summed E-state index contributed by atoms with van der Waals surface area (Å²) >= 11 is 0. The Bertz CT molecular complexity index is 1070. The third-order valence-electron chi connectivity index (χ3n) is 5.69. The van der Waals surface area contributed by atoms with Gasteiger partial charge in [0.1, 0.15) is 5.65 Å². The predicted octanol–water partition coefficient (Wildman–Crippen LogP) is 5.00. The minimum atomic E-state index is 0.0243. The third-order valence-corrected chi connectivity index (χ3v) is 5.69. The molecule has 0 radical (unpaired) electrons. The van der Waals surface area contributed by atoms with E-state index >= 15 is 0 Å². The highest BCUT2D eigenvalue weighted by atomic mass is 16.2. The third kappa shape index (κ3) is 5.23. The highest BCUT2D eigenvalue weighted by molar-refractivity contribution is 5.92. The van der Waals surface area contributed by atoms with Crippen LogP contribution in [0.5, 0.6) is 0 Å². The maximum atomic E-state index is 13.0. The molecule has 0 N–H and O–H groups in total. The van der Waals surface area contributed by atoms with Crippen molar-refractivity contribution in [3.8, 4) is 0 Å². The van der Waals surface area contributed by atoms with Gasteiger partial charge in [0.15, 0.2) is 0 Å². The van der Waals surface area contributed by atoms with Crippen molar-refractivity contribution in [2.24, 2.45) is 0 Å². The van der Waals surface area contributed by atoms with E-state index in [0.717, 1.165) is 47.6 Å². The van der Waals surface area contributed by atoms with Crippen LogP contribution in [0.3, 0.4) is 0 Å². The lowest BCUT2D eigenvalue weighted by Crippen LogP contribution is -2.33. The first-order valence-corrected chi connectivity index (χ1v) is 11.1. The largest absolute Gasteiger partial charge is 0.308 e. The van der Waals surface area contributed by atoms with E-state index in [1.54, 1.807) is 6.08 Å². The van der Waals surface area contributed by atoms with Crippen LogP contribution >= 0.6 is 0 Å². The summed E-state index contributed by atoms with van der Waals surface area (Å²) in [7, 11) is 2.12. The number of nitrogens with zero attached hydrogens (tertiary/aromatic N) is 4. The van der Waals surface area contributed by atoms with E-state index in [0.29, 0.717) is 0 Å². The zero-order valence-corrected chi connectivity index (χ0v) is 19.6. The van der Waals surface area contributed by atoms with Gasteiger partial charge in [-0.1, -0.05) is 32.1 Å². The fraction of sp³-hybridized carbons (Fsp3) is 0.385. The molecule has 4 rings (SSSR count). The Morgan fingerprint density at radius 2 is 2.00 bits per heavy atom. The molecule has 0 fully saturated rings. The van der Waals surface area contributed by atoms with Crippen LogP contribution < -0.4 is 0 Å². The van der Waals surface area contributed by atoms with Crippen molar-refractivity contribution in [2.45, 2.75) is 47.1 Å². The normalized spacial score (nSPS) is 19.6. The molecule has 2 aromatic heterocycles. The molecule has 0 spiro atoms. The number of fused-ring (bicyclic) bond motifs is 1. The van der Waals surface area contributed by atoms with Crippen molar-refractivity contribution in [2.75, 3.05) is 20.1 Å². The van der Waals surface area contributed by atoms with E-state index in [9.17, 15) is 4.79 Å². The topological polar surface area (TPSA) is 40.9 Å². The molecule has 1 amide bonds. The molecule has 31 heavy (non-hydrogen) atoms. The van der Waals surface area contributed by atoms with Gasteiger partial charge in [-0.2, -0.15) is 0 Å².